The number of carboxylic acids is 1. The van der Waals surface area contributed by atoms with Crippen LogP contribution < -0.4 is 0 Å². The van der Waals surface area contributed by atoms with Gasteiger partial charge in [-0.25, -0.2) is 0 Å². The minimum Gasteiger partial charge on any atom is -0.481 e. The predicted octanol–water partition coefficient (Wildman–Crippen LogP) is 3.45. The lowest BCUT2D eigenvalue weighted by molar-refractivity contribution is -0.137. The van der Waals surface area contributed by atoms with E-state index in [2.05, 4.69) is 0 Å². The molecule has 1 aromatic carbocycles. The molecule has 0 aliphatic heterocycles. The third-order valence-electron chi connectivity index (χ3n) is 4.79. The first kappa shape index (κ1) is 17.7. The Morgan fingerprint density at radius 1 is 1.13 bits per heavy atom. The molecule has 0 saturated heterocycles. The van der Waals surface area contributed by atoms with Crippen molar-refractivity contribution < 1.29 is 19.8 Å². The van der Waals surface area contributed by atoms with Crippen molar-refractivity contribution in [1.82, 2.24) is 0 Å². The van der Waals surface area contributed by atoms with Gasteiger partial charge in [-0.3, -0.25) is 9.59 Å². The van der Waals surface area contributed by atoms with Crippen molar-refractivity contribution in [3.8, 4) is 0 Å². The Morgan fingerprint density at radius 3 is 2.43 bits per heavy atom. The van der Waals surface area contributed by atoms with Crippen LogP contribution in [0.5, 0.6) is 0 Å². The average molecular weight is 318 g/mol. The van der Waals surface area contributed by atoms with E-state index < -0.39 is 12.1 Å². The molecule has 4 nitrogen and oxygen atoms in total. The highest BCUT2D eigenvalue weighted by Crippen LogP contribution is 2.40. The number of ketones is 1. The Bertz CT molecular complexity index is 535. The maximum Gasteiger partial charge on any atom is 0.303 e. The van der Waals surface area contributed by atoms with Crippen LogP contribution in [0, 0.1) is 12.8 Å². The van der Waals surface area contributed by atoms with Crippen molar-refractivity contribution >= 4 is 11.8 Å². The van der Waals surface area contributed by atoms with Gasteiger partial charge in [0.1, 0.15) is 5.78 Å². The Hall–Kier alpha value is -1.68. The Kier molecular flexibility index (Phi) is 6.34. The molecule has 1 saturated carbocycles. The maximum absolute atomic E-state index is 12.2. The van der Waals surface area contributed by atoms with E-state index in [1.807, 2.05) is 31.2 Å². The SMILES string of the molecule is Cc1ccc(C2C(O)CC(=O)C2CCCCCCC(=O)O)cc1. The second-order valence-electron chi connectivity index (χ2n) is 6.63. The zero-order chi connectivity index (χ0) is 16.8. The molecule has 0 radical (unpaired) electrons. The Morgan fingerprint density at radius 2 is 1.78 bits per heavy atom. The fourth-order valence-corrected chi connectivity index (χ4v) is 3.53. The van der Waals surface area contributed by atoms with Crippen molar-refractivity contribution in [3.05, 3.63) is 35.4 Å². The highest BCUT2D eigenvalue weighted by molar-refractivity contribution is 5.85. The van der Waals surface area contributed by atoms with Gasteiger partial charge in [-0.2, -0.15) is 0 Å². The second-order valence-corrected chi connectivity index (χ2v) is 6.63. The van der Waals surface area contributed by atoms with Crippen LogP contribution in [0.2, 0.25) is 0 Å². The number of aryl methyl sites for hydroxylation is 1. The number of carbonyl (C=O) groups excluding carboxylic acids is 1. The van der Waals surface area contributed by atoms with Crippen LogP contribution in [0.15, 0.2) is 24.3 Å². The number of hydrogen-bond acceptors (Lipinski definition) is 3. The largest absolute Gasteiger partial charge is 0.481 e. The summed E-state index contributed by atoms with van der Waals surface area (Å²) in [6.07, 6.45) is 4.08. The average Bonchev–Trinajstić information content (AvgIpc) is 2.77. The number of rotatable bonds is 8. The Balaban J connectivity index is 1.89. The minimum atomic E-state index is -0.751. The summed E-state index contributed by atoms with van der Waals surface area (Å²) in [7, 11) is 0. The molecule has 4 heteroatoms. The number of carbonyl (C=O) groups is 2. The molecule has 0 aromatic heterocycles. The lowest BCUT2D eigenvalue weighted by Crippen LogP contribution is -2.18. The van der Waals surface area contributed by atoms with Gasteiger partial charge in [-0.05, 0) is 25.3 Å². The minimum absolute atomic E-state index is 0.0953. The monoisotopic (exact) mass is 318 g/mol. The van der Waals surface area contributed by atoms with Gasteiger partial charge < -0.3 is 10.2 Å². The first-order valence-electron chi connectivity index (χ1n) is 8.48. The summed E-state index contributed by atoms with van der Waals surface area (Å²) in [5.74, 6) is -0.790. The first-order chi connectivity index (χ1) is 11.0. The van der Waals surface area contributed by atoms with Crippen LogP contribution in [0.1, 0.15) is 62.0 Å². The molecule has 1 aromatic rings. The topological polar surface area (TPSA) is 74.6 Å². The van der Waals surface area contributed by atoms with E-state index >= 15 is 0 Å². The molecule has 0 heterocycles. The molecule has 126 valence electrons. The zero-order valence-electron chi connectivity index (χ0n) is 13.7. The van der Waals surface area contributed by atoms with Crippen molar-refractivity contribution in [3.63, 3.8) is 0 Å². The van der Waals surface area contributed by atoms with E-state index in [0.717, 1.165) is 31.2 Å². The quantitative estimate of drug-likeness (QED) is 0.720. The highest BCUT2D eigenvalue weighted by Gasteiger charge is 2.41. The van der Waals surface area contributed by atoms with Crippen LogP contribution in [-0.2, 0) is 9.59 Å². The lowest BCUT2D eigenvalue weighted by atomic mass is 9.84. The van der Waals surface area contributed by atoms with Gasteiger partial charge in [0.15, 0.2) is 0 Å². The molecule has 0 bridgehead atoms. The molecular formula is C19H26O4. The molecule has 2 rings (SSSR count). The molecule has 1 fully saturated rings. The van der Waals surface area contributed by atoms with E-state index in [0.29, 0.717) is 6.42 Å². The fourth-order valence-electron chi connectivity index (χ4n) is 3.53. The van der Waals surface area contributed by atoms with E-state index in [9.17, 15) is 14.7 Å². The van der Waals surface area contributed by atoms with Crippen LogP contribution in [0.4, 0.5) is 0 Å². The number of carboxylic acid groups (broad SMARTS) is 1. The number of aliphatic carboxylic acids is 1. The lowest BCUT2D eigenvalue weighted by Gasteiger charge is -2.21. The summed E-state index contributed by atoms with van der Waals surface area (Å²) in [6, 6.07) is 8.07. The number of unbranched alkanes of at least 4 members (excludes halogenated alkanes) is 3. The van der Waals surface area contributed by atoms with Gasteiger partial charge in [-0.15, -0.1) is 0 Å². The Labute approximate surface area is 137 Å². The molecule has 0 spiro atoms. The molecular weight excluding hydrogens is 292 g/mol. The van der Waals surface area contributed by atoms with Gasteiger partial charge >= 0.3 is 5.97 Å². The summed E-state index contributed by atoms with van der Waals surface area (Å²) >= 11 is 0. The van der Waals surface area contributed by atoms with Crippen molar-refractivity contribution in [2.75, 3.05) is 0 Å². The van der Waals surface area contributed by atoms with Gasteiger partial charge in [0.05, 0.1) is 6.10 Å². The molecule has 0 amide bonds. The van der Waals surface area contributed by atoms with E-state index in [1.165, 1.54) is 5.56 Å². The maximum atomic E-state index is 12.2. The van der Waals surface area contributed by atoms with Crippen LogP contribution >= 0.6 is 0 Å². The van der Waals surface area contributed by atoms with Crippen molar-refractivity contribution in [2.45, 2.75) is 63.9 Å². The fraction of sp³-hybridized carbons (Fsp3) is 0.579. The molecule has 1 aliphatic carbocycles. The van der Waals surface area contributed by atoms with E-state index in [-0.39, 0.29) is 30.5 Å². The number of Topliss-reactive ketones (excluding diaryl/α,β-unsaturated/α-hetero) is 1. The smallest absolute Gasteiger partial charge is 0.303 e. The number of benzene rings is 1. The summed E-state index contributed by atoms with van der Waals surface area (Å²) in [5, 5.41) is 18.9. The molecule has 23 heavy (non-hydrogen) atoms. The standard InChI is InChI=1S/C19H26O4/c1-13-8-10-14(11-9-13)19-15(16(20)12-17(19)21)6-4-2-3-5-7-18(22)23/h8-11,15,17,19,21H,2-7,12H2,1H3,(H,22,23). The third-order valence-corrected chi connectivity index (χ3v) is 4.79. The normalized spacial score (nSPS) is 24.1. The number of aliphatic hydroxyl groups excluding tert-OH is 1. The summed E-state index contributed by atoms with van der Waals surface area (Å²) in [6.45, 7) is 2.02. The second kappa shape index (κ2) is 8.25. The van der Waals surface area contributed by atoms with Gasteiger partial charge in [0.2, 0.25) is 0 Å². The van der Waals surface area contributed by atoms with Crippen LogP contribution in [0.25, 0.3) is 0 Å². The summed E-state index contributed by atoms with van der Waals surface area (Å²) in [5.41, 5.74) is 2.22. The van der Waals surface area contributed by atoms with Crippen LogP contribution in [0.3, 0.4) is 0 Å². The predicted molar refractivity (Wildman–Crippen MR) is 88.4 cm³/mol. The van der Waals surface area contributed by atoms with Crippen molar-refractivity contribution in [2.24, 2.45) is 5.92 Å². The van der Waals surface area contributed by atoms with Crippen LogP contribution in [-0.4, -0.2) is 28.1 Å². The van der Waals surface area contributed by atoms with Crippen molar-refractivity contribution in [1.29, 1.82) is 0 Å². The van der Waals surface area contributed by atoms with Gasteiger partial charge in [0, 0.05) is 24.7 Å². The molecule has 1 aliphatic rings. The number of aliphatic hydroxyl groups is 1. The summed E-state index contributed by atoms with van der Waals surface area (Å²) < 4.78 is 0. The van der Waals surface area contributed by atoms with E-state index in [4.69, 9.17) is 5.11 Å². The number of hydrogen-bond donors (Lipinski definition) is 2. The van der Waals surface area contributed by atoms with E-state index in [1.54, 1.807) is 0 Å². The first-order valence-corrected chi connectivity index (χ1v) is 8.48. The molecule has 2 N–H and O–H groups in total. The van der Waals surface area contributed by atoms with Gasteiger partial charge in [-0.1, -0.05) is 49.1 Å². The van der Waals surface area contributed by atoms with Gasteiger partial charge in [0.25, 0.3) is 0 Å². The molecule has 3 atom stereocenters. The summed E-state index contributed by atoms with van der Waals surface area (Å²) in [4.78, 5) is 22.7. The third kappa shape index (κ3) is 4.90. The zero-order valence-corrected chi connectivity index (χ0v) is 13.7. The highest BCUT2D eigenvalue weighted by atomic mass is 16.4. The molecule has 3 unspecified atom stereocenters.